The Morgan fingerprint density at radius 3 is 2.36 bits per heavy atom. The van der Waals surface area contributed by atoms with Gasteiger partial charge in [-0.25, -0.2) is 9.79 Å². The van der Waals surface area contributed by atoms with Crippen molar-refractivity contribution in [3.05, 3.63) is 94.4 Å². The molecule has 7 nitrogen and oxygen atoms in total. The molecule has 0 aliphatic rings. The molecule has 9 heteroatoms. The molecule has 0 aliphatic heterocycles. The molecule has 33 heavy (non-hydrogen) atoms. The Morgan fingerprint density at radius 1 is 0.970 bits per heavy atom. The van der Waals surface area contributed by atoms with Gasteiger partial charge in [0.15, 0.2) is 0 Å². The highest BCUT2D eigenvalue weighted by Gasteiger charge is 2.14. The Hall–Kier alpha value is -3.30. The summed E-state index contributed by atoms with van der Waals surface area (Å²) in [6.07, 6.45) is 2.00. The van der Waals surface area contributed by atoms with E-state index >= 15 is 0 Å². The van der Waals surface area contributed by atoms with E-state index < -0.39 is 0 Å². The van der Waals surface area contributed by atoms with Crippen LogP contribution in [-0.4, -0.2) is 30.4 Å². The highest BCUT2D eigenvalue weighted by molar-refractivity contribution is 8.38. The van der Waals surface area contributed by atoms with Crippen LogP contribution in [0.3, 0.4) is 0 Å². The first-order valence-corrected chi connectivity index (χ1v) is 12.4. The first kappa shape index (κ1) is 22.9. The number of hydrogen-bond donors (Lipinski definition) is 0. The van der Waals surface area contributed by atoms with Crippen LogP contribution in [0.25, 0.3) is 5.69 Å². The molecular weight excluding hydrogens is 454 g/mol. The third kappa shape index (κ3) is 5.55. The lowest BCUT2D eigenvalue weighted by molar-refractivity contribution is 0.483. The number of hydrogen-bond acceptors (Lipinski definition) is 7. The summed E-state index contributed by atoms with van der Waals surface area (Å²) in [5, 5.41) is 7.84. The number of aliphatic imine (C=N–C) groups is 1. The number of rotatable bonds is 6. The van der Waals surface area contributed by atoms with Crippen LogP contribution in [0.5, 0.6) is 11.5 Å². The molecule has 168 valence electrons. The third-order valence-electron chi connectivity index (χ3n) is 4.89. The zero-order chi connectivity index (χ0) is 23.2. The Balaban J connectivity index is 1.50. The maximum atomic E-state index is 12.4. The maximum absolute atomic E-state index is 12.4. The van der Waals surface area contributed by atoms with Crippen LogP contribution in [0, 0.1) is 6.92 Å². The van der Waals surface area contributed by atoms with Crippen molar-refractivity contribution in [2.24, 2.45) is 12.0 Å². The van der Waals surface area contributed by atoms with Crippen molar-refractivity contribution in [1.29, 1.82) is 0 Å². The van der Waals surface area contributed by atoms with E-state index in [0.29, 0.717) is 5.75 Å². The van der Waals surface area contributed by atoms with Crippen LogP contribution in [0.15, 0.2) is 82.6 Å². The van der Waals surface area contributed by atoms with Gasteiger partial charge in [-0.2, -0.15) is 9.36 Å². The molecule has 0 atom stereocenters. The van der Waals surface area contributed by atoms with Crippen molar-refractivity contribution >= 4 is 33.6 Å². The van der Waals surface area contributed by atoms with Crippen molar-refractivity contribution < 1.29 is 4.74 Å². The van der Waals surface area contributed by atoms with E-state index in [9.17, 15) is 4.79 Å². The lowest BCUT2D eigenvalue weighted by atomic mass is 10.1. The van der Waals surface area contributed by atoms with Crippen molar-refractivity contribution in [2.75, 3.05) is 6.26 Å². The van der Waals surface area contributed by atoms with Crippen molar-refractivity contribution in [3.8, 4) is 17.2 Å². The monoisotopic (exact) mass is 477 g/mol. The van der Waals surface area contributed by atoms with Crippen LogP contribution >= 0.6 is 23.5 Å². The summed E-state index contributed by atoms with van der Waals surface area (Å²) in [5.41, 5.74) is 3.42. The van der Waals surface area contributed by atoms with Gasteiger partial charge in [-0.1, -0.05) is 42.1 Å². The van der Waals surface area contributed by atoms with E-state index in [1.165, 1.54) is 9.36 Å². The van der Waals surface area contributed by atoms with Crippen molar-refractivity contribution in [1.82, 2.24) is 19.8 Å². The molecule has 0 amide bonds. The molecule has 0 fully saturated rings. The first-order valence-electron chi connectivity index (χ1n) is 10.2. The van der Waals surface area contributed by atoms with Gasteiger partial charge >= 0.3 is 5.69 Å². The predicted molar refractivity (Wildman–Crippen MR) is 136 cm³/mol. The molecule has 3 aromatic carbocycles. The molecule has 0 aliphatic carbocycles. The molecule has 4 rings (SSSR count). The number of para-hydroxylation sites is 1. The molecule has 1 heterocycles. The summed E-state index contributed by atoms with van der Waals surface area (Å²) >= 11 is 3.21. The molecule has 4 aromatic rings. The van der Waals surface area contributed by atoms with Crippen molar-refractivity contribution in [2.45, 2.75) is 12.7 Å². The number of benzene rings is 3. The second-order valence-corrected chi connectivity index (χ2v) is 9.17. The van der Waals surface area contributed by atoms with Gasteiger partial charge in [-0.15, -0.1) is 11.8 Å². The summed E-state index contributed by atoms with van der Waals surface area (Å²) in [4.78, 5) is 17.1. The molecule has 0 N–H and O–H groups in total. The van der Waals surface area contributed by atoms with Crippen LogP contribution in [0.1, 0.15) is 11.1 Å². The third-order valence-corrected chi connectivity index (χ3v) is 6.95. The minimum atomic E-state index is -0.275. The fourth-order valence-electron chi connectivity index (χ4n) is 3.13. The van der Waals surface area contributed by atoms with Crippen LogP contribution < -0.4 is 10.4 Å². The minimum absolute atomic E-state index is 0.275. The molecule has 1 aromatic heterocycles. The van der Waals surface area contributed by atoms with Gasteiger partial charge in [0.2, 0.25) is 0 Å². The standard InChI is InChI=1S/C24H23N5O2S2/c1-17-8-7-11-22(29-24(30)28(2)26-27-29)21(17)16-33-23(32-3)25-18-12-14-20(15-13-18)31-19-9-5-4-6-10-19/h4-15H,16H2,1-3H3/b25-23-. The largest absolute Gasteiger partial charge is 0.457 e. The number of aromatic nitrogens is 4. The average Bonchev–Trinajstić information content (AvgIpc) is 3.17. The number of ether oxygens (including phenoxy) is 1. The van der Waals surface area contributed by atoms with Crippen LogP contribution in [0.2, 0.25) is 0 Å². The number of thioether (sulfide) groups is 2. The van der Waals surface area contributed by atoms with Gasteiger partial charge in [0, 0.05) is 12.8 Å². The van der Waals surface area contributed by atoms with Gasteiger partial charge in [-0.05, 0) is 77.2 Å². The minimum Gasteiger partial charge on any atom is -0.457 e. The fourth-order valence-corrected chi connectivity index (χ4v) is 4.79. The highest BCUT2D eigenvalue weighted by atomic mass is 32.2. The fraction of sp³-hybridized carbons (Fsp3) is 0.167. The normalized spacial score (nSPS) is 11.5. The highest BCUT2D eigenvalue weighted by Crippen LogP contribution is 2.29. The Morgan fingerprint density at radius 2 is 1.70 bits per heavy atom. The molecule has 0 spiro atoms. The maximum Gasteiger partial charge on any atom is 0.368 e. The van der Waals surface area contributed by atoms with E-state index in [0.717, 1.165) is 38.4 Å². The lowest BCUT2D eigenvalue weighted by Crippen LogP contribution is -2.23. The summed E-state index contributed by atoms with van der Waals surface area (Å²) in [7, 11) is 1.59. The van der Waals surface area contributed by atoms with E-state index in [1.54, 1.807) is 30.6 Å². The summed E-state index contributed by atoms with van der Waals surface area (Å²) < 4.78 is 9.33. The van der Waals surface area contributed by atoms with Crippen LogP contribution in [0.4, 0.5) is 5.69 Å². The molecule has 0 radical (unpaired) electrons. The Kier molecular flexibility index (Phi) is 7.31. The quantitative estimate of drug-likeness (QED) is 0.275. The van der Waals surface area contributed by atoms with Gasteiger partial charge in [0.05, 0.1) is 11.4 Å². The van der Waals surface area contributed by atoms with E-state index in [2.05, 4.69) is 10.4 Å². The van der Waals surface area contributed by atoms with Crippen molar-refractivity contribution in [3.63, 3.8) is 0 Å². The average molecular weight is 478 g/mol. The summed E-state index contributed by atoms with van der Waals surface area (Å²) in [5.74, 6) is 2.21. The van der Waals surface area contributed by atoms with Gasteiger partial charge in [-0.3, -0.25) is 0 Å². The molecular formula is C24H23N5O2S2. The SMILES string of the molecule is CS/C(=N/c1ccc(Oc2ccccc2)cc1)SCc1c(C)cccc1-n1nnn(C)c1=O. The second-order valence-electron chi connectivity index (χ2n) is 7.15. The number of tetrazole rings is 1. The van der Waals surface area contributed by atoms with E-state index in [-0.39, 0.29) is 5.69 Å². The summed E-state index contributed by atoms with van der Waals surface area (Å²) in [6, 6.07) is 23.2. The zero-order valence-corrected chi connectivity index (χ0v) is 20.1. The lowest BCUT2D eigenvalue weighted by Gasteiger charge is -2.11. The molecule has 0 saturated heterocycles. The Bertz CT molecular complexity index is 1310. The number of aryl methyl sites for hydroxylation is 2. The van der Waals surface area contributed by atoms with Gasteiger partial charge in [0.1, 0.15) is 15.9 Å². The number of nitrogens with zero attached hydrogens (tertiary/aromatic N) is 5. The second kappa shape index (κ2) is 10.5. The van der Waals surface area contributed by atoms with E-state index in [4.69, 9.17) is 9.73 Å². The topological polar surface area (TPSA) is 74.3 Å². The van der Waals surface area contributed by atoms with Gasteiger partial charge < -0.3 is 4.74 Å². The predicted octanol–water partition coefficient (Wildman–Crippen LogP) is 5.35. The Labute approximate surface area is 200 Å². The van der Waals surface area contributed by atoms with Crippen LogP contribution in [-0.2, 0) is 12.8 Å². The smallest absolute Gasteiger partial charge is 0.368 e. The molecule has 0 bridgehead atoms. The van der Waals surface area contributed by atoms with E-state index in [1.807, 2.05) is 86.0 Å². The zero-order valence-electron chi connectivity index (χ0n) is 18.5. The molecule has 0 saturated carbocycles. The van der Waals surface area contributed by atoms with Gasteiger partial charge in [0.25, 0.3) is 0 Å². The first-order chi connectivity index (χ1) is 16.0. The molecule has 0 unspecified atom stereocenters. The summed E-state index contributed by atoms with van der Waals surface area (Å²) in [6.45, 7) is 2.03.